The molecule has 1 saturated heterocycles. The second-order valence-electron chi connectivity index (χ2n) is 10.3. The smallest absolute Gasteiger partial charge is 0.234 e. The van der Waals surface area contributed by atoms with Crippen LogP contribution < -0.4 is 5.32 Å². The summed E-state index contributed by atoms with van der Waals surface area (Å²) >= 11 is 1.83. The second kappa shape index (κ2) is 7.05. The third-order valence-corrected chi connectivity index (χ3v) is 9.17. The van der Waals surface area contributed by atoms with E-state index in [9.17, 15) is 4.79 Å². The highest BCUT2D eigenvalue weighted by molar-refractivity contribution is 7.18. The molecule has 4 bridgehead atoms. The first-order chi connectivity index (χ1) is 14.1. The van der Waals surface area contributed by atoms with E-state index in [2.05, 4.69) is 34.5 Å². The Morgan fingerprint density at radius 1 is 1.14 bits per heavy atom. The molecule has 2 aromatic rings. The molecular formula is C24H31N3OS. The fraction of sp³-hybridized carbons (Fsp3) is 0.667. The van der Waals surface area contributed by atoms with Crippen LogP contribution in [0.1, 0.15) is 62.3 Å². The summed E-state index contributed by atoms with van der Waals surface area (Å²) in [7, 11) is 0. The molecule has 5 fully saturated rings. The second-order valence-corrected chi connectivity index (χ2v) is 11.4. The zero-order valence-corrected chi connectivity index (χ0v) is 17.9. The fourth-order valence-corrected chi connectivity index (χ4v) is 8.36. The molecule has 5 heteroatoms. The lowest BCUT2D eigenvalue weighted by Crippen LogP contribution is -2.61. The molecule has 2 heterocycles. The number of rotatable bonds is 4. The van der Waals surface area contributed by atoms with Gasteiger partial charge < -0.3 is 5.32 Å². The minimum Gasteiger partial charge on any atom is -0.350 e. The van der Waals surface area contributed by atoms with Gasteiger partial charge in [0.05, 0.1) is 21.8 Å². The highest BCUT2D eigenvalue weighted by Crippen LogP contribution is 2.55. The van der Waals surface area contributed by atoms with Gasteiger partial charge in [-0.1, -0.05) is 12.1 Å². The SMILES string of the molecule is O=C(CN1CCC[C@@H](c2nc3ccccc3s2)C1)NC12CC3CC(CC(C3)C1)C2. The first-order valence-electron chi connectivity index (χ1n) is 11.5. The molecule has 1 atom stereocenters. The van der Waals surface area contributed by atoms with Gasteiger partial charge in [0.15, 0.2) is 0 Å². The summed E-state index contributed by atoms with van der Waals surface area (Å²) in [4.78, 5) is 20.3. The zero-order valence-electron chi connectivity index (χ0n) is 17.1. The molecule has 0 unspecified atom stereocenters. The first-order valence-corrected chi connectivity index (χ1v) is 12.3. The predicted octanol–water partition coefficient (Wildman–Crippen LogP) is 4.56. The Labute approximate surface area is 177 Å². The topological polar surface area (TPSA) is 45.2 Å². The minimum absolute atomic E-state index is 0.133. The van der Waals surface area contributed by atoms with Gasteiger partial charge in [-0.15, -0.1) is 11.3 Å². The van der Waals surface area contributed by atoms with Crippen molar-refractivity contribution in [3.05, 3.63) is 29.3 Å². The molecule has 1 aromatic heterocycles. The molecule has 1 amide bonds. The maximum absolute atomic E-state index is 13.0. The average molecular weight is 410 g/mol. The molecule has 1 N–H and O–H groups in total. The van der Waals surface area contributed by atoms with Crippen LogP contribution in [0.4, 0.5) is 0 Å². The summed E-state index contributed by atoms with van der Waals surface area (Å²) in [6.07, 6.45) is 10.3. The number of benzene rings is 1. The van der Waals surface area contributed by atoms with Crippen molar-refractivity contribution in [2.24, 2.45) is 17.8 Å². The minimum atomic E-state index is 0.133. The van der Waals surface area contributed by atoms with Crippen LogP contribution in [0.3, 0.4) is 0 Å². The van der Waals surface area contributed by atoms with Crippen LogP contribution in [0.25, 0.3) is 10.2 Å². The molecule has 4 saturated carbocycles. The fourth-order valence-electron chi connectivity index (χ4n) is 7.27. The Kier molecular flexibility index (Phi) is 4.46. The van der Waals surface area contributed by atoms with E-state index in [4.69, 9.17) is 4.98 Å². The van der Waals surface area contributed by atoms with Gasteiger partial charge in [0.1, 0.15) is 0 Å². The summed E-state index contributed by atoms with van der Waals surface area (Å²) in [6, 6.07) is 8.42. The molecule has 0 spiro atoms. The number of fused-ring (bicyclic) bond motifs is 1. The highest BCUT2D eigenvalue weighted by Gasteiger charge is 2.51. The van der Waals surface area contributed by atoms with E-state index < -0.39 is 0 Å². The van der Waals surface area contributed by atoms with Crippen LogP contribution in [0.15, 0.2) is 24.3 Å². The van der Waals surface area contributed by atoms with Crippen LogP contribution in [0.5, 0.6) is 0 Å². The lowest BCUT2D eigenvalue weighted by molar-refractivity contribution is -0.128. The van der Waals surface area contributed by atoms with Crippen LogP contribution in [0.2, 0.25) is 0 Å². The Morgan fingerprint density at radius 3 is 2.59 bits per heavy atom. The van der Waals surface area contributed by atoms with E-state index in [-0.39, 0.29) is 11.4 Å². The molecule has 0 radical (unpaired) electrons. The van der Waals surface area contributed by atoms with Gasteiger partial charge in [-0.3, -0.25) is 9.69 Å². The van der Waals surface area contributed by atoms with Crippen molar-refractivity contribution in [3.8, 4) is 0 Å². The predicted molar refractivity (Wildman–Crippen MR) is 117 cm³/mol. The Morgan fingerprint density at radius 2 is 1.86 bits per heavy atom. The standard InChI is InChI=1S/C24H31N3OS/c28-22(26-24-11-16-8-17(12-24)10-18(9-16)13-24)15-27-7-3-4-19(14-27)23-25-20-5-1-2-6-21(20)29-23/h1-2,5-6,16-19H,3-4,7-15H2,(H,26,28)/t16?,17?,18?,19-,24?/m1/s1. The number of nitrogens with zero attached hydrogens (tertiary/aromatic N) is 2. The monoisotopic (exact) mass is 409 g/mol. The van der Waals surface area contributed by atoms with Gasteiger partial charge >= 0.3 is 0 Å². The summed E-state index contributed by atoms with van der Waals surface area (Å²) in [5, 5.41) is 4.80. The molecular weight excluding hydrogens is 378 g/mol. The number of aromatic nitrogens is 1. The van der Waals surface area contributed by atoms with E-state index in [1.54, 1.807) is 0 Å². The number of piperidine rings is 1. The number of thiazole rings is 1. The van der Waals surface area contributed by atoms with Crippen molar-refractivity contribution in [1.82, 2.24) is 15.2 Å². The van der Waals surface area contributed by atoms with Crippen molar-refractivity contribution >= 4 is 27.5 Å². The Balaban J connectivity index is 1.10. The average Bonchev–Trinajstić information content (AvgIpc) is 3.11. The molecule has 4 nitrogen and oxygen atoms in total. The molecule has 5 aliphatic rings. The van der Waals surface area contributed by atoms with Gasteiger partial charge in [-0.05, 0) is 87.8 Å². The zero-order chi connectivity index (χ0) is 19.4. The summed E-state index contributed by atoms with van der Waals surface area (Å²) in [5.41, 5.74) is 1.25. The van der Waals surface area contributed by atoms with Gasteiger partial charge in [0.25, 0.3) is 0 Å². The van der Waals surface area contributed by atoms with E-state index in [1.807, 2.05) is 11.3 Å². The van der Waals surface area contributed by atoms with Crippen LogP contribution in [-0.4, -0.2) is 41.0 Å². The number of hydrogen-bond acceptors (Lipinski definition) is 4. The summed E-state index contributed by atoms with van der Waals surface area (Å²) < 4.78 is 1.28. The summed E-state index contributed by atoms with van der Waals surface area (Å²) in [6.45, 7) is 2.56. The lowest BCUT2D eigenvalue weighted by Gasteiger charge is -2.57. The number of hydrogen-bond donors (Lipinski definition) is 1. The normalized spacial score (nSPS) is 36.6. The number of carbonyl (C=O) groups excluding carboxylic acids is 1. The Hall–Kier alpha value is -1.46. The van der Waals surface area contributed by atoms with Crippen molar-refractivity contribution in [2.75, 3.05) is 19.6 Å². The third kappa shape index (κ3) is 3.50. The van der Waals surface area contributed by atoms with Crippen molar-refractivity contribution in [1.29, 1.82) is 0 Å². The number of nitrogens with one attached hydrogen (secondary N) is 1. The maximum Gasteiger partial charge on any atom is 0.234 e. The molecule has 4 aliphatic carbocycles. The van der Waals surface area contributed by atoms with Gasteiger partial charge in [-0.25, -0.2) is 4.98 Å². The molecule has 7 rings (SSSR count). The Bertz CT molecular complexity index is 853. The van der Waals surface area contributed by atoms with Crippen molar-refractivity contribution < 1.29 is 4.79 Å². The molecule has 29 heavy (non-hydrogen) atoms. The van der Waals surface area contributed by atoms with Gasteiger partial charge in [0.2, 0.25) is 5.91 Å². The molecule has 1 aromatic carbocycles. The quantitative estimate of drug-likeness (QED) is 0.805. The van der Waals surface area contributed by atoms with E-state index >= 15 is 0 Å². The maximum atomic E-state index is 13.0. The van der Waals surface area contributed by atoms with Crippen LogP contribution >= 0.6 is 11.3 Å². The number of likely N-dealkylation sites (tertiary alicyclic amines) is 1. The third-order valence-electron chi connectivity index (χ3n) is 7.98. The summed E-state index contributed by atoms with van der Waals surface area (Å²) in [5.74, 6) is 3.35. The highest BCUT2D eigenvalue weighted by atomic mass is 32.1. The van der Waals surface area contributed by atoms with Crippen LogP contribution in [0, 0.1) is 17.8 Å². The largest absolute Gasteiger partial charge is 0.350 e. The van der Waals surface area contributed by atoms with E-state index in [1.165, 1.54) is 54.7 Å². The molecule has 154 valence electrons. The number of amides is 1. The van der Waals surface area contributed by atoms with Gasteiger partial charge in [0, 0.05) is 18.0 Å². The van der Waals surface area contributed by atoms with Gasteiger partial charge in [-0.2, -0.15) is 0 Å². The number of para-hydroxylation sites is 1. The first kappa shape index (κ1) is 18.3. The number of carbonyl (C=O) groups is 1. The van der Waals surface area contributed by atoms with E-state index in [0.717, 1.165) is 42.8 Å². The van der Waals surface area contributed by atoms with Crippen molar-refractivity contribution in [2.45, 2.75) is 62.8 Å². The van der Waals surface area contributed by atoms with Crippen LogP contribution in [-0.2, 0) is 4.79 Å². The van der Waals surface area contributed by atoms with E-state index in [0.29, 0.717) is 12.5 Å². The molecule has 1 aliphatic heterocycles. The lowest BCUT2D eigenvalue weighted by atomic mass is 9.53. The van der Waals surface area contributed by atoms with Crippen molar-refractivity contribution in [3.63, 3.8) is 0 Å².